The predicted molar refractivity (Wildman–Crippen MR) is 103 cm³/mol. The minimum Gasteiger partial charge on any atom is -0.452 e. The highest BCUT2D eigenvalue weighted by Gasteiger charge is 2.21. The molecule has 0 heterocycles. The van der Waals surface area contributed by atoms with Crippen molar-refractivity contribution in [3.05, 3.63) is 81.4 Å². The summed E-state index contributed by atoms with van der Waals surface area (Å²) in [6.45, 7) is -0.378. The van der Waals surface area contributed by atoms with Gasteiger partial charge in [0.1, 0.15) is 0 Å². The van der Waals surface area contributed by atoms with E-state index in [1.165, 1.54) is 29.8 Å². The number of ether oxygens (including phenoxy) is 1. The molecule has 1 aliphatic rings. The molecule has 0 fully saturated rings. The fraction of sp³-hybridized carbons (Fsp3) is 0.238. The van der Waals surface area contributed by atoms with Crippen LogP contribution in [-0.2, 0) is 20.7 Å². The molecule has 0 spiro atoms. The predicted octanol–water partition coefficient (Wildman–Crippen LogP) is 3.35. The molecule has 0 radical (unpaired) electrons. The summed E-state index contributed by atoms with van der Waals surface area (Å²) in [5.74, 6) is -1.05. The lowest BCUT2D eigenvalue weighted by molar-refractivity contribution is -0.384. The zero-order valence-electron chi connectivity index (χ0n) is 15.2. The third-order valence-corrected chi connectivity index (χ3v) is 4.54. The number of nitrogens with zero attached hydrogens (tertiary/aromatic N) is 1. The number of non-ortho nitro benzene ring substituents is 1. The van der Waals surface area contributed by atoms with E-state index in [0.29, 0.717) is 5.56 Å². The van der Waals surface area contributed by atoms with Gasteiger partial charge in [-0.15, -0.1) is 0 Å². The van der Waals surface area contributed by atoms with E-state index in [9.17, 15) is 19.7 Å². The first-order valence-corrected chi connectivity index (χ1v) is 8.99. The van der Waals surface area contributed by atoms with Gasteiger partial charge in [-0.2, -0.15) is 0 Å². The fourth-order valence-corrected chi connectivity index (χ4v) is 3.23. The average Bonchev–Trinajstić information content (AvgIpc) is 2.71. The second-order valence-electron chi connectivity index (χ2n) is 6.50. The number of aryl methyl sites for hydroxylation is 1. The van der Waals surface area contributed by atoms with Crippen molar-refractivity contribution in [2.75, 3.05) is 6.61 Å². The van der Waals surface area contributed by atoms with Crippen molar-refractivity contribution in [2.45, 2.75) is 25.3 Å². The van der Waals surface area contributed by atoms with E-state index >= 15 is 0 Å². The Morgan fingerprint density at radius 3 is 2.86 bits per heavy atom. The van der Waals surface area contributed by atoms with Crippen molar-refractivity contribution < 1.29 is 19.2 Å². The van der Waals surface area contributed by atoms with Gasteiger partial charge in [0.2, 0.25) is 0 Å². The van der Waals surface area contributed by atoms with Crippen LogP contribution in [0.15, 0.2) is 54.6 Å². The van der Waals surface area contributed by atoms with Crippen LogP contribution in [0.4, 0.5) is 5.69 Å². The Hall–Kier alpha value is -3.48. The van der Waals surface area contributed by atoms with Crippen LogP contribution in [0.2, 0.25) is 0 Å². The quantitative estimate of drug-likeness (QED) is 0.359. The van der Waals surface area contributed by atoms with Gasteiger partial charge >= 0.3 is 5.97 Å². The Labute approximate surface area is 162 Å². The maximum absolute atomic E-state index is 12.1. The minimum absolute atomic E-state index is 0.0670. The van der Waals surface area contributed by atoms with Gasteiger partial charge in [-0.25, -0.2) is 4.79 Å². The molecule has 1 aliphatic carbocycles. The highest BCUT2D eigenvalue weighted by atomic mass is 16.6. The molecule has 0 bridgehead atoms. The SMILES string of the molecule is O=C(COC(=O)/C=C/c1cccc([N+](=O)[O-])c1)NC1CCCc2ccccc21. The number of nitro groups is 1. The molecule has 2 aromatic carbocycles. The van der Waals surface area contributed by atoms with Gasteiger partial charge in [-0.1, -0.05) is 36.4 Å². The molecule has 1 atom stereocenters. The first-order valence-electron chi connectivity index (χ1n) is 8.99. The Kier molecular flexibility index (Phi) is 6.16. The van der Waals surface area contributed by atoms with E-state index < -0.39 is 10.9 Å². The van der Waals surface area contributed by atoms with Crippen molar-refractivity contribution >= 4 is 23.6 Å². The molecule has 1 amide bonds. The zero-order valence-corrected chi connectivity index (χ0v) is 15.2. The summed E-state index contributed by atoms with van der Waals surface area (Å²) in [4.78, 5) is 34.2. The topological polar surface area (TPSA) is 98.5 Å². The number of hydrogen-bond donors (Lipinski definition) is 1. The molecule has 3 rings (SSSR count). The van der Waals surface area contributed by atoms with Gasteiger partial charge in [0, 0.05) is 18.2 Å². The van der Waals surface area contributed by atoms with Crippen LogP contribution in [0.3, 0.4) is 0 Å². The summed E-state index contributed by atoms with van der Waals surface area (Å²) in [5, 5.41) is 13.7. The van der Waals surface area contributed by atoms with Crippen molar-refractivity contribution in [3.63, 3.8) is 0 Å². The molecule has 28 heavy (non-hydrogen) atoms. The van der Waals surface area contributed by atoms with E-state index in [0.717, 1.165) is 30.9 Å². The van der Waals surface area contributed by atoms with Crippen LogP contribution in [-0.4, -0.2) is 23.4 Å². The van der Waals surface area contributed by atoms with Gasteiger partial charge < -0.3 is 10.1 Å². The third kappa shape index (κ3) is 5.03. The monoisotopic (exact) mass is 380 g/mol. The number of esters is 1. The summed E-state index contributed by atoms with van der Waals surface area (Å²) in [5.41, 5.74) is 2.77. The number of rotatable bonds is 6. The minimum atomic E-state index is -0.689. The van der Waals surface area contributed by atoms with Gasteiger partial charge in [0.15, 0.2) is 6.61 Å². The molecule has 7 nitrogen and oxygen atoms in total. The van der Waals surface area contributed by atoms with Crippen LogP contribution in [0, 0.1) is 10.1 Å². The van der Waals surface area contributed by atoms with E-state index in [1.807, 2.05) is 18.2 Å². The van der Waals surface area contributed by atoms with Crippen molar-refractivity contribution in [1.82, 2.24) is 5.32 Å². The largest absolute Gasteiger partial charge is 0.452 e. The average molecular weight is 380 g/mol. The first-order chi connectivity index (χ1) is 13.5. The number of amides is 1. The maximum atomic E-state index is 12.1. The molecule has 0 saturated heterocycles. The fourth-order valence-electron chi connectivity index (χ4n) is 3.23. The molecule has 0 saturated carbocycles. The second-order valence-corrected chi connectivity index (χ2v) is 6.50. The second kappa shape index (κ2) is 8.94. The smallest absolute Gasteiger partial charge is 0.331 e. The summed E-state index contributed by atoms with van der Waals surface area (Å²) < 4.78 is 4.96. The Bertz CT molecular complexity index is 923. The molecule has 144 valence electrons. The molecular weight excluding hydrogens is 360 g/mol. The number of hydrogen-bond acceptors (Lipinski definition) is 5. The van der Waals surface area contributed by atoms with Crippen LogP contribution in [0.5, 0.6) is 0 Å². The maximum Gasteiger partial charge on any atom is 0.331 e. The Morgan fingerprint density at radius 1 is 1.21 bits per heavy atom. The Morgan fingerprint density at radius 2 is 2.04 bits per heavy atom. The summed E-state index contributed by atoms with van der Waals surface area (Å²) in [6.07, 6.45) is 5.39. The Balaban J connectivity index is 1.50. The number of benzene rings is 2. The molecule has 1 N–H and O–H groups in total. The van der Waals surface area contributed by atoms with Crippen LogP contribution >= 0.6 is 0 Å². The highest BCUT2D eigenvalue weighted by Crippen LogP contribution is 2.29. The number of carbonyl (C=O) groups is 2. The molecule has 0 aromatic heterocycles. The number of nitro benzene ring substituents is 1. The highest BCUT2D eigenvalue weighted by molar-refractivity contribution is 5.89. The lowest BCUT2D eigenvalue weighted by Crippen LogP contribution is -2.34. The standard InChI is InChI=1S/C21H20N2O5/c24-20(22-19-10-4-7-16-6-1-2-9-18(16)19)14-28-21(25)12-11-15-5-3-8-17(13-15)23(26)27/h1-3,5-6,8-9,11-13,19H,4,7,10,14H2,(H,22,24)/b12-11+. The molecule has 0 aliphatic heterocycles. The number of carbonyl (C=O) groups excluding carboxylic acids is 2. The van der Waals surface area contributed by atoms with Gasteiger partial charge in [-0.05, 0) is 42.0 Å². The van der Waals surface area contributed by atoms with Gasteiger partial charge in [0.25, 0.3) is 11.6 Å². The van der Waals surface area contributed by atoms with Crippen LogP contribution in [0.1, 0.15) is 35.6 Å². The van der Waals surface area contributed by atoms with Crippen molar-refractivity contribution in [2.24, 2.45) is 0 Å². The summed E-state index contributed by atoms with van der Waals surface area (Å²) in [6, 6.07) is 13.8. The number of nitrogens with one attached hydrogen (secondary N) is 1. The third-order valence-electron chi connectivity index (χ3n) is 4.54. The lowest BCUT2D eigenvalue weighted by atomic mass is 9.88. The molecule has 1 unspecified atom stereocenters. The molecule has 2 aromatic rings. The van der Waals surface area contributed by atoms with E-state index in [2.05, 4.69) is 11.4 Å². The summed E-state index contributed by atoms with van der Waals surface area (Å²) in [7, 11) is 0. The van der Waals surface area contributed by atoms with Crippen LogP contribution in [0.25, 0.3) is 6.08 Å². The molecule has 7 heteroatoms. The normalized spacial score (nSPS) is 15.6. The lowest BCUT2D eigenvalue weighted by Gasteiger charge is -2.26. The first kappa shape index (κ1) is 19.3. The van der Waals surface area contributed by atoms with Crippen molar-refractivity contribution in [3.8, 4) is 0 Å². The van der Waals surface area contributed by atoms with E-state index in [1.54, 1.807) is 6.07 Å². The van der Waals surface area contributed by atoms with Gasteiger partial charge in [0.05, 0.1) is 11.0 Å². The van der Waals surface area contributed by atoms with E-state index in [-0.39, 0.29) is 24.2 Å². The molecular formula is C21H20N2O5. The van der Waals surface area contributed by atoms with E-state index in [4.69, 9.17) is 4.74 Å². The zero-order chi connectivity index (χ0) is 19.9. The van der Waals surface area contributed by atoms with Crippen molar-refractivity contribution in [1.29, 1.82) is 0 Å². The number of fused-ring (bicyclic) bond motifs is 1. The van der Waals surface area contributed by atoms with Crippen LogP contribution < -0.4 is 5.32 Å². The van der Waals surface area contributed by atoms with Gasteiger partial charge in [-0.3, -0.25) is 14.9 Å². The summed E-state index contributed by atoms with van der Waals surface area (Å²) >= 11 is 0.